The van der Waals surface area contributed by atoms with Gasteiger partial charge in [-0.3, -0.25) is 9.69 Å². The molecule has 2 N–H and O–H groups in total. The van der Waals surface area contributed by atoms with Crippen LogP contribution < -0.4 is 20.4 Å². The molecule has 0 aromatic heterocycles. The Labute approximate surface area is 194 Å². The van der Waals surface area contributed by atoms with Crippen molar-refractivity contribution in [1.29, 1.82) is 0 Å². The number of piperidine rings is 1. The average Bonchev–Trinajstić information content (AvgIpc) is 3.06. The average molecular weight is 484 g/mol. The number of rotatable bonds is 6. The van der Waals surface area contributed by atoms with Crippen LogP contribution in [0.3, 0.4) is 0 Å². The highest BCUT2D eigenvalue weighted by Gasteiger charge is 2.57. The largest absolute Gasteiger partial charge is 0.444 e. The van der Waals surface area contributed by atoms with E-state index in [1.807, 2.05) is 10.2 Å². The third kappa shape index (κ3) is 5.15. The molecule has 2 aliphatic heterocycles. The van der Waals surface area contributed by atoms with Gasteiger partial charge in [0, 0.05) is 31.0 Å². The van der Waals surface area contributed by atoms with E-state index in [1.165, 1.54) is 11.0 Å². The van der Waals surface area contributed by atoms with Crippen molar-refractivity contribution in [3.8, 4) is 0 Å². The van der Waals surface area contributed by atoms with E-state index < -0.39 is 42.0 Å². The Hall–Kier alpha value is -3.18. The number of cyclic esters (lactones) is 1. The number of carbonyl (C=O) groups excluding carboxylic acids is 3. The van der Waals surface area contributed by atoms with Gasteiger partial charge in [0.1, 0.15) is 17.5 Å². The van der Waals surface area contributed by atoms with Crippen molar-refractivity contribution in [2.75, 3.05) is 36.0 Å². The second-order valence-electron chi connectivity index (χ2n) is 9.70. The molecule has 0 bridgehead atoms. The van der Waals surface area contributed by atoms with Gasteiger partial charge in [-0.2, -0.15) is 8.78 Å². The van der Waals surface area contributed by atoms with Gasteiger partial charge in [0.15, 0.2) is 0 Å². The minimum atomic E-state index is -3.16. The molecule has 0 radical (unpaired) electrons. The van der Waals surface area contributed by atoms with Crippen molar-refractivity contribution in [1.82, 2.24) is 10.6 Å². The van der Waals surface area contributed by atoms with Crippen LogP contribution in [0.1, 0.15) is 20.8 Å². The lowest BCUT2D eigenvalue weighted by molar-refractivity contribution is -0.132. The predicted molar refractivity (Wildman–Crippen MR) is 115 cm³/mol. The Morgan fingerprint density at radius 2 is 1.88 bits per heavy atom. The highest BCUT2D eigenvalue weighted by atomic mass is 19.3. The minimum absolute atomic E-state index is 0.00693. The van der Waals surface area contributed by atoms with Gasteiger partial charge >= 0.3 is 18.6 Å². The van der Waals surface area contributed by atoms with Gasteiger partial charge in [0.2, 0.25) is 0 Å². The molecule has 9 nitrogen and oxygen atoms in total. The molecule has 2 heterocycles. The number of ether oxygens (including phenoxy) is 2. The molecule has 0 spiro atoms. The fourth-order valence-corrected chi connectivity index (χ4v) is 4.43. The molecule has 4 atom stereocenters. The van der Waals surface area contributed by atoms with E-state index in [0.717, 1.165) is 0 Å². The van der Waals surface area contributed by atoms with Gasteiger partial charge in [-0.05, 0) is 39.0 Å². The number of halogens is 3. The van der Waals surface area contributed by atoms with Crippen molar-refractivity contribution in [2.45, 2.75) is 44.9 Å². The summed E-state index contributed by atoms with van der Waals surface area (Å²) in [4.78, 5) is 38.2. The number of hydrogen-bond acceptors (Lipinski definition) is 6. The lowest BCUT2D eigenvalue weighted by Crippen LogP contribution is -2.38. The monoisotopic (exact) mass is 484 g/mol. The number of nitrogens with one attached hydrogen (secondary N) is 2. The van der Waals surface area contributed by atoms with Crippen LogP contribution in [-0.4, -0.2) is 68.4 Å². The highest BCUT2D eigenvalue weighted by Crippen LogP contribution is 2.47. The first-order valence-corrected chi connectivity index (χ1v) is 11.0. The minimum Gasteiger partial charge on any atom is -0.444 e. The summed E-state index contributed by atoms with van der Waals surface area (Å²) in [6.07, 6.45) is -5.19. The molecule has 2 saturated heterocycles. The van der Waals surface area contributed by atoms with Crippen molar-refractivity contribution < 1.29 is 37.0 Å². The summed E-state index contributed by atoms with van der Waals surface area (Å²) in [6, 6.07) is 4.39. The summed E-state index contributed by atoms with van der Waals surface area (Å²) < 4.78 is 49.8. The Morgan fingerprint density at radius 3 is 2.47 bits per heavy atom. The van der Waals surface area contributed by atoms with E-state index in [-0.39, 0.29) is 36.7 Å². The smallest absolute Gasteiger partial charge is 0.414 e. The van der Waals surface area contributed by atoms with Gasteiger partial charge < -0.3 is 25.0 Å². The Morgan fingerprint density at radius 1 is 1.21 bits per heavy atom. The van der Waals surface area contributed by atoms with E-state index in [4.69, 9.17) is 9.47 Å². The topological polar surface area (TPSA) is 100 Å². The molecule has 3 amide bonds. The molecule has 1 aliphatic carbocycles. The third-order valence-electron chi connectivity index (χ3n) is 6.04. The van der Waals surface area contributed by atoms with Crippen LogP contribution in [0.5, 0.6) is 0 Å². The quantitative estimate of drug-likeness (QED) is 0.644. The van der Waals surface area contributed by atoms with Crippen LogP contribution in [0.2, 0.25) is 0 Å². The lowest BCUT2D eigenvalue weighted by atomic mass is 10.2. The van der Waals surface area contributed by atoms with Gasteiger partial charge in [-0.15, -0.1) is 0 Å². The van der Waals surface area contributed by atoms with Crippen LogP contribution in [-0.2, 0) is 14.3 Å². The van der Waals surface area contributed by atoms with Crippen LogP contribution in [0.25, 0.3) is 0 Å². The molecular formula is C22H27F3N4O5. The van der Waals surface area contributed by atoms with Gasteiger partial charge in [0.25, 0.3) is 5.91 Å². The fraction of sp³-hybridized carbons (Fsp3) is 0.591. The summed E-state index contributed by atoms with van der Waals surface area (Å²) in [7, 11) is 0. The van der Waals surface area contributed by atoms with Crippen molar-refractivity contribution in [2.24, 2.45) is 11.8 Å². The van der Waals surface area contributed by atoms with Crippen LogP contribution in [0.15, 0.2) is 18.2 Å². The zero-order valence-electron chi connectivity index (χ0n) is 19.0. The van der Waals surface area contributed by atoms with Crippen LogP contribution in [0.4, 0.5) is 34.1 Å². The van der Waals surface area contributed by atoms with E-state index in [0.29, 0.717) is 18.8 Å². The number of carbonyl (C=O) groups is 3. The molecule has 186 valence electrons. The van der Waals surface area contributed by atoms with Gasteiger partial charge in [-0.1, -0.05) is 0 Å². The van der Waals surface area contributed by atoms with Crippen LogP contribution >= 0.6 is 0 Å². The number of hydrogen-bond donors (Lipinski definition) is 2. The number of anilines is 2. The van der Waals surface area contributed by atoms with Crippen molar-refractivity contribution >= 4 is 29.5 Å². The second-order valence-corrected chi connectivity index (χ2v) is 9.70. The second kappa shape index (κ2) is 8.88. The maximum atomic E-state index is 14.9. The summed E-state index contributed by atoms with van der Waals surface area (Å²) in [5.41, 5.74) is 0.0788. The Bertz CT molecular complexity index is 974. The molecule has 12 heteroatoms. The van der Waals surface area contributed by atoms with Crippen LogP contribution in [0, 0.1) is 17.7 Å². The molecule has 1 unspecified atom stereocenters. The summed E-state index contributed by atoms with van der Waals surface area (Å²) in [5.74, 6) is -1.54. The maximum Gasteiger partial charge on any atom is 0.414 e. The number of benzene rings is 1. The molecule has 1 aromatic rings. The van der Waals surface area contributed by atoms with Gasteiger partial charge in [-0.25, -0.2) is 14.0 Å². The molecule has 3 fully saturated rings. The maximum absolute atomic E-state index is 14.9. The van der Waals surface area contributed by atoms with E-state index in [1.54, 1.807) is 32.9 Å². The number of alkyl carbamates (subject to hydrolysis) is 1. The Kier molecular flexibility index (Phi) is 6.26. The predicted octanol–water partition coefficient (Wildman–Crippen LogP) is 2.49. The van der Waals surface area contributed by atoms with Crippen molar-refractivity contribution in [3.63, 3.8) is 0 Å². The lowest BCUT2D eigenvalue weighted by Gasteiger charge is -2.25. The number of alkyl halides is 2. The van der Waals surface area contributed by atoms with E-state index in [2.05, 4.69) is 5.32 Å². The highest BCUT2D eigenvalue weighted by molar-refractivity contribution is 5.90. The summed E-state index contributed by atoms with van der Waals surface area (Å²) >= 11 is 0. The number of amides is 3. The normalized spacial score (nSPS) is 25.8. The molecule has 34 heavy (non-hydrogen) atoms. The molecule has 3 aliphatic rings. The summed E-state index contributed by atoms with van der Waals surface area (Å²) in [5, 5.41) is 4.87. The van der Waals surface area contributed by atoms with Crippen molar-refractivity contribution in [3.05, 3.63) is 24.0 Å². The fourth-order valence-electron chi connectivity index (χ4n) is 4.43. The first kappa shape index (κ1) is 24.0. The van der Waals surface area contributed by atoms with E-state index in [9.17, 15) is 27.6 Å². The molecule has 1 aromatic carbocycles. The number of fused-ring (bicyclic) bond motifs is 1. The standard InChI is InChI=1S/C22H27F3N4O5/c1-22(2,3)34-20(31)27-17-13-9-28(10-14(13)17)16-5-4-11(6-15(16)23)29-8-12(33-21(29)32)7-26-19(30)18(24)25/h4-6,12-14,17-18H,7-10H2,1-3H3,(H,26,30)(H,27,31)/t12-,13-,14+,17?/m0/s1. The SMILES string of the molecule is CC(C)(C)OC(=O)NC1[C@H]2CN(c3ccc(N4C[C@H](CNC(=O)C(F)F)OC4=O)cc3F)C[C@@H]12. The Balaban J connectivity index is 1.30. The molecule has 4 rings (SSSR count). The van der Waals surface area contributed by atoms with E-state index >= 15 is 0 Å². The third-order valence-corrected chi connectivity index (χ3v) is 6.04. The first-order chi connectivity index (χ1) is 15.9. The zero-order valence-corrected chi connectivity index (χ0v) is 19.0. The molecular weight excluding hydrogens is 457 g/mol. The van der Waals surface area contributed by atoms with Gasteiger partial charge in [0.05, 0.1) is 24.5 Å². The number of nitrogens with zero attached hydrogens (tertiary/aromatic N) is 2. The first-order valence-electron chi connectivity index (χ1n) is 11.0. The summed E-state index contributed by atoms with van der Waals surface area (Å²) in [6.45, 7) is 6.28. The molecule has 1 saturated carbocycles. The zero-order chi connectivity index (χ0) is 24.8.